The Bertz CT molecular complexity index is 239. The minimum atomic E-state index is 0.00269. The molecule has 0 aromatic carbocycles. The van der Waals surface area contributed by atoms with Gasteiger partial charge in [-0.25, -0.2) is 0 Å². The third-order valence-electron chi connectivity index (χ3n) is 5.14. The first kappa shape index (κ1) is 11.0. The van der Waals surface area contributed by atoms with Gasteiger partial charge < -0.3 is 10.0 Å². The van der Waals surface area contributed by atoms with Crippen molar-refractivity contribution in [2.75, 3.05) is 19.6 Å². The van der Waals surface area contributed by atoms with Crippen LogP contribution in [-0.2, 0) is 0 Å². The lowest BCUT2D eigenvalue weighted by Gasteiger charge is -2.53. The molecule has 3 fully saturated rings. The molecular formula is C14H25NO. The molecule has 0 aromatic heterocycles. The molecule has 92 valence electrons. The first-order chi connectivity index (χ1) is 7.77. The highest BCUT2D eigenvalue weighted by Gasteiger charge is 2.44. The fourth-order valence-corrected chi connectivity index (χ4v) is 4.21. The molecular weight excluding hydrogens is 198 g/mol. The molecule has 1 saturated heterocycles. The van der Waals surface area contributed by atoms with Gasteiger partial charge in [0.05, 0.1) is 6.10 Å². The molecule has 16 heavy (non-hydrogen) atoms. The predicted molar refractivity (Wildman–Crippen MR) is 65.3 cm³/mol. The monoisotopic (exact) mass is 223 g/mol. The van der Waals surface area contributed by atoms with Gasteiger partial charge in [-0.1, -0.05) is 25.7 Å². The first-order valence-corrected chi connectivity index (χ1v) is 7.18. The van der Waals surface area contributed by atoms with Crippen molar-refractivity contribution in [3.8, 4) is 0 Å². The Morgan fingerprint density at radius 1 is 1.00 bits per heavy atom. The summed E-state index contributed by atoms with van der Waals surface area (Å²) in [7, 11) is 0. The average Bonchev–Trinajstić information content (AvgIpc) is 2.64. The summed E-state index contributed by atoms with van der Waals surface area (Å²) in [6.45, 7) is 3.83. The van der Waals surface area contributed by atoms with E-state index >= 15 is 0 Å². The maximum absolute atomic E-state index is 9.83. The highest BCUT2D eigenvalue weighted by atomic mass is 16.3. The molecule has 2 aliphatic carbocycles. The third-order valence-corrected chi connectivity index (χ3v) is 5.14. The van der Waals surface area contributed by atoms with Crippen molar-refractivity contribution in [2.24, 2.45) is 11.3 Å². The number of hydrogen-bond acceptors (Lipinski definition) is 2. The van der Waals surface area contributed by atoms with E-state index in [4.69, 9.17) is 0 Å². The van der Waals surface area contributed by atoms with Crippen LogP contribution < -0.4 is 0 Å². The van der Waals surface area contributed by atoms with Crippen molar-refractivity contribution in [1.82, 2.24) is 4.90 Å². The van der Waals surface area contributed by atoms with E-state index in [-0.39, 0.29) is 6.10 Å². The van der Waals surface area contributed by atoms with E-state index in [0.717, 1.165) is 6.42 Å². The maximum atomic E-state index is 9.83. The Morgan fingerprint density at radius 3 is 2.38 bits per heavy atom. The van der Waals surface area contributed by atoms with Crippen LogP contribution in [0.4, 0.5) is 0 Å². The van der Waals surface area contributed by atoms with Gasteiger partial charge in [-0.15, -0.1) is 0 Å². The second-order valence-electron chi connectivity index (χ2n) is 6.49. The summed E-state index contributed by atoms with van der Waals surface area (Å²) in [5.41, 5.74) is 0.710. The SMILES string of the molecule is OC1CCCC1CN1CC2(CCCCC2)C1. The number of hydrogen-bond donors (Lipinski definition) is 1. The molecule has 2 heteroatoms. The number of likely N-dealkylation sites (tertiary alicyclic amines) is 1. The molecule has 3 aliphatic rings. The van der Waals surface area contributed by atoms with E-state index in [9.17, 15) is 5.11 Å². The zero-order valence-corrected chi connectivity index (χ0v) is 10.3. The molecule has 2 nitrogen and oxygen atoms in total. The second-order valence-corrected chi connectivity index (χ2v) is 6.49. The largest absolute Gasteiger partial charge is 0.393 e. The molecule has 2 unspecified atom stereocenters. The summed E-state index contributed by atoms with van der Waals surface area (Å²) in [6, 6.07) is 0. The molecule has 0 amide bonds. The predicted octanol–water partition coefficient (Wildman–Crippen LogP) is 2.41. The standard InChI is InChI=1S/C14H25NO/c16-13-6-4-5-12(13)9-15-10-14(11-15)7-2-1-3-8-14/h12-13,16H,1-11H2. The van der Waals surface area contributed by atoms with E-state index in [2.05, 4.69) is 4.90 Å². The summed E-state index contributed by atoms with van der Waals surface area (Å²) in [5.74, 6) is 0.584. The zero-order chi connectivity index (χ0) is 11.0. The van der Waals surface area contributed by atoms with Gasteiger partial charge >= 0.3 is 0 Å². The summed E-state index contributed by atoms with van der Waals surface area (Å²) in [4.78, 5) is 2.60. The van der Waals surface area contributed by atoms with Gasteiger partial charge in [0.25, 0.3) is 0 Å². The summed E-state index contributed by atoms with van der Waals surface area (Å²) >= 11 is 0. The minimum absolute atomic E-state index is 0.00269. The normalized spacial score (nSPS) is 38.8. The van der Waals surface area contributed by atoms with Crippen molar-refractivity contribution in [3.05, 3.63) is 0 Å². The second kappa shape index (κ2) is 4.30. The van der Waals surface area contributed by atoms with Crippen LogP contribution in [0.5, 0.6) is 0 Å². The molecule has 2 atom stereocenters. The zero-order valence-electron chi connectivity index (χ0n) is 10.3. The van der Waals surface area contributed by atoms with Crippen LogP contribution in [0.2, 0.25) is 0 Å². The number of aliphatic hydroxyl groups excluding tert-OH is 1. The quantitative estimate of drug-likeness (QED) is 0.777. The molecule has 1 heterocycles. The smallest absolute Gasteiger partial charge is 0.0580 e. The van der Waals surface area contributed by atoms with Gasteiger partial charge in [0.1, 0.15) is 0 Å². The van der Waals surface area contributed by atoms with Gasteiger partial charge in [-0.2, -0.15) is 0 Å². The van der Waals surface area contributed by atoms with Crippen molar-refractivity contribution in [3.63, 3.8) is 0 Å². The number of rotatable bonds is 2. The fraction of sp³-hybridized carbons (Fsp3) is 1.00. The molecule has 0 aromatic rings. The van der Waals surface area contributed by atoms with Crippen LogP contribution in [0.3, 0.4) is 0 Å². The van der Waals surface area contributed by atoms with Crippen LogP contribution in [0.25, 0.3) is 0 Å². The van der Waals surface area contributed by atoms with E-state index in [1.807, 2.05) is 0 Å². The van der Waals surface area contributed by atoms with E-state index in [1.54, 1.807) is 0 Å². The summed E-state index contributed by atoms with van der Waals surface area (Å²) in [6.07, 6.45) is 10.9. The Labute approximate surface area is 99.0 Å². The van der Waals surface area contributed by atoms with Gasteiger partial charge in [0.2, 0.25) is 0 Å². The Kier molecular flexibility index (Phi) is 2.97. The van der Waals surface area contributed by atoms with E-state index < -0.39 is 0 Å². The summed E-state index contributed by atoms with van der Waals surface area (Å²) < 4.78 is 0. The van der Waals surface area contributed by atoms with Gasteiger partial charge in [0, 0.05) is 19.6 Å². The molecule has 2 saturated carbocycles. The molecule has 1 aliphatic heterocycles. The highest BCUT2D eigenvalue weighted by molar-refractivity contribution is 4.97. The van der Waals surface area contributed by atoms with Crippen molar-refractivity contribution in [1.29, 1.82) is 0 Å². The number of nitrogens with zero attached hydrogens (tertiary/aromatic N) is 1. The van der Waals surface area contributed by atoms with Crippen molar-refractivity contribution >= 4 is 0 Å². The number of aliphatic hydroxyl groups is 1. The molecule has 0 radical (unpaired) electrons. The average molecular weight is 223 g/mol. The Morgan fingerprint density at radius 2 is 1.75 bits per heavy atom. The lowest BCUT2D eigenvalue weighted by Crippen LogP contribution is -2.58. The van der Waals surface area contributed by atoms with Crippen LogP contribution in [0, 0.1) is 11.3 Å². The lowest BCUT2D eigenvalue weighted by atomic mass is 9.68. The van der Waals surface area contributed by atoms with Crippen LogP contribution in [0.15, 0.2) is 0 Å². The van der Waals surface area contributed by atoms with E-state index in [1.165, 1.54) is 64.6 Å². The van der Waals surface area contributed by atoms with E-state index in [0.29, 0.717) is 11.3 Å². The minimum Gasteiger partial charge on any atom is -0.393 e. The van der Waals surface area contributed by atoms with Gasteiger partial charge in [0.15, 0.2) is 0 Å². The van der Waals surface area contributed by atoms with Gasteiger partial charge in [-0.3, -0.25) is 0 Å². The van der Waals surface area contributed by atoms with Gasteiger partial charge in [-0.05, 0) is 37.0 Å². The van der Waals surface area contributed by atoms with Crippen LogP contribution >= 0.6 is 0 Å². The molecule has 1 spiro atoms. The maximum Gasteiger partial charge on any atom is 0.0580 e. The summed E-state index contributed by atoms with van der Waals surface area (Å²) in [5, 5.41) is 9.83. The fourth-order valence-electron chi connectivity index (χ4n) is 4.21. The van der Waals surface area contributed by atoms with Crippen molar-refractivity contribution in [2.45, 2.75) is 57.5 Å². The lowest BCUT2D eigenvalue weighted by molar-refractivity contribution is -0.0451. The Balaban J connectivity index is 1.46. The Hall–Kier alpha value is -0.0800. The topological polar surface area (TPSA) is 23.5 Å². The molecule has 1 N–H and O–H groups in total. The van der Waals surface area contributed by atoms with Crippen LogP contribution in [-0.4, -0.2) is 35.7 Å². The highest BCUT2D eigenvalue weighted by Crippen LogP contribution is 2.44. The molecule has 0 bridgehead atoms. The van der Waals surface area contributed by atoms with Crippen molar-refractivity contribution < 1.29 is 5.11 Å². The third kappa shape index (κ3) is 2.02. The first-order valence-electron chi connectivity index (χ1n) is 7.18. The molecule has 3 rings (SSSR count). The van der Waals surface area contributed by atoms with Crippen LogP contribution in [0.1, 0.15) is 51.4 Å².